The lowest BCUT2D eigenvalue weighted by atomic mass is 10.2. The Morgan fingerprint density at radius 1 is 0.864 bits per heavy atom. The van der Waals surface area contributed by atoms with Crippen LogP contribution in [-0.4, -0.2) is 49.9 Å². The van der Waals surface area contributed by atoms with Gasteiger partial charge in [-0.1, -0.05) is 13.8 Å². The fourth-order valence-corrected chi connectivity index (χ4v) is 1.26. The van der Waals surface area contributed by atoms with E-state index in [0.29, 0.717) is 13.0 Å². The minimum absolute atomic E-state index is 0.0709. The normalized spacial score (nSPS) is 10.8. The molecule has 0 aromatic carbocycles. The van der Waals surface area contributed by atoms with Crippen LogP contribution < -0.4 is 0 Å². The Balaban J connectivity index is 0. The Labute approximate surface area is 131 Å². The zero-order valence-corrected chi connectivity index (χ0v) is 14.0. The molecule has 0 N–H and O–H groups in total. The molecule has 0 saturated carbocycles. The molecule has 0 radical (unpaired) electrons. The van der Waals surface area contributed by atoms with E-state index in [-0.39, 0.29) is 31.0 Å². The topological polar surface area (TPSA) is 96.0 Å². The summed E-state index contributed by atoms with van der Waals surface area (Å²) in [6, 6.07) is 0. The summed E-state index contributed by atoms with van der Waals surface area (Å²) < 4.78 is 13.9. The zero-order valence-electron chi connectivity index (χ0n) is 14.0. The Morgan fingerprint density at radius 2 is 1.41 bits per heavy atom. The average molecular weight is 318 g/mol. The van der Waals surface area contributed by atoms with E-state index >= 15 is 0 Å². The molecule has 0 amide bonds. The van der Waals surface area contributed by atoms with Crippen LogP contribution in [0.3, 0.4) is 0 Å². The second-order valence-electron chi connectivity index (χ2n) is 4.06. The quantitative estimate of drug-likeness (QED) is 0.469. The maximum absolute atomic E-state index is 11.0. The number of methoxy groups -OCH3 is 1. The standard InChI is InChI=1S/C8H14O4.C7H12O3/c1-4-6(9)7(11-3)8(10)12-5-2;1-3-6(8)5-7(9)10-4-2/h7H,4-5H2,1-3H3;3-5H2,1-2H3. The second-order valence-corrected chi connectivity index (χ2v) is 4.06. The van der Waals surface area contributed by atoms with E-state index in [9.17, 15) is 19.2 Å². The molecule has 0 aromatic rings. The van der Waals surface area contributed by atoms with E-state index in [1.807, 2.05) is 0 Å². The van der Waals surface area contributed by atoms with Gasteiger partial charge < -0.3 is 14.2 Å². The number of Topliss-reactive ketones (excluding diaryl/α,β-unsaturated/α-hetero) is 2. The number of hydrogen-bond donors (Lipinski definition) is 0. The molecule has 0 aliphatic heterocycles. The lowest BCUT2D eigenvalue weighted by molar-refractivity contribution is -0.159. The van der Waals surface area contributed by atoms with Gasteiger partial charge in [0.05, 0.1) is 13.2 Å². The molecule has 7 nitrogen and oxygen atoms in total. The molecule has 22 heavy (non-hydrogen) atoms. The fourth-order valence-electron chi connectivity index (χ4n) is 1.26. The van der Waals surface area contributed by atoms with Gasteiger partial charge in [-0.15, -0.1) is 0 Å². The van der Waals surface area contributed by atoms with Gasteiger partial charge in [0.1, 0.15) is 12.2 Å². The summed E-state index contributed by atoms with van der Waals surface area (Å²) in [4.78, 5) is 43.2. The van der Waals surface area contributed by atoms with E-state index in [4.69, 9.17) is 4.74 Å². The molecule has 0 aliphatic carbocycles. The maximum atomic E-state index is 11.0. The van der Waals surface area contributed by atoms with Crippen LogP contribution in [0.5, 0.6) is 0 Å². The van der Waals surface area contributed by atoms with Crippen LogP contribution in [0.15, 0.2) is 0 Å². The highest BCUT2D eigenvalue weighted by Crippen LogP contribution is 1.99. The molecule has 1 unspecified atom stereocenters. The molecule has 0 aliphatic rings. The number of ether oxygens (including phenoxy) is 3. The molecular formula is C15H26O7. The minimum atomic E-state index is -1.05. The van der Waals surface area contributed by atoms with E-state index < -0.39 is 18.0 Å². The Bertz CT molecular complexity index is 363. The first-order valence-electron chi connectivity index (χ1n) is 7.27. The van der Waals surface area contributed by atoms with Crippen molar-refractivity contribution in [2.24, 2.45) is 0 Å². The van der Waals surface area contributed by atoms with Crippen LogP contribution in [0.4, 0.5) is 0 Å². The van der Waals surface area contributed by atoms with Crippen molar-refractivity contribution in [3.8, 4) is 0 Å². The minimum Gasteiger partial charge on any atom is -0.466 e. The van der Waals surface area contributed by atoms with Crippen molar-refractivity contribution < 1.29 is 33.4 Å². The van der Waals surface area contributed by atoms with E-state index in [1.54, 1.807) is 27.7 Å². The number of hydrogen-bond acceptors (Lipinski definition) is 7. The summed E-state index contributed by atoms with van der Waals surface area (Å²) in [6.07, 6.45) is -0.449. The molecule has 1 atom stereocenters. The fraction of sp³-hybridized carbons (Fsp3) is 0.733. The Hall–Kier alpha value is -1.76. The predicted molar refractivity (Wildman–Crippen MR) is 79.3 cm³/mol. The number of ketones is 2. The smallest absolute Gasteiger partial charge is 0.343 e. The van der Waals surface area contributed by atoms with Gasteiger partial charge in [-0.05, 0) is 13.8 Å². The summed E-state index contributed by atoms with van der Waals surface area (Å²) in [5.41, 5.74) is 0. The first-order valence-corrected chi connectivity index (χ1v) is 7.27. The maximum Gasteiger partial charge on any atom is 0.343 e. The van der Waals surface area contributed by atoms with Gasteiger partial charge in [0.25, 0.3) is 0 Å². The van der Waals surface area contributed by atoms with Crippen LogP contribution in [-0.2, 0) is 33.4 Å². The van der Waals surface area contributed by atoms with Gasteiger partial charge in [0, 0.05) is 20.0 Å². The Morgan fingerprint density at radius 3 is 1.77 bits per heavy atom. The van der Waals surface area contributed by atoms with Gasteiger partial charge in [0.2, 0.25) is 6.10 Å². The van der Waals surface area contributed by atoms with Gasteiger partial charge in [-0.3, -0.25) is 14.4 Å². The molecule has 0 spiro atoms. The third-order valence-electron chi connectivity index (χ3n) is 2.42. The lowest BCUT2D eigenvalue weighted by Gasteiger charge is -2.10. The molecule has 0 fully saturated rings. The molecule has 7 heteroatoms. The van der Waals surface area contributed by atoms with E-state index in [2.05, 4.69) is 9.47 Å². The highest BCUT2D eigenvalue weighted by molar-refractivity contribution is 6.01. The number of rotatable bonds is 9. The first-order chi connectivity index (χ1) is 10.4. The van der Waals surface area contributed by atoms with Crippen LogP contribution in [0.25, 0.3) is 0 Å². The monoisotopic (exact) mass is 318 g/mol. The highest BCUT2D eigenvalue weighted by atomic mass is 16.6. The Kier molecular flexibility index (Phi) is 14.5. The second kappa shape index (κ2) is 14.2. The van der Waals surface area contributed by atoms with Crippen molar-refractivity contribution in [3.63, 3.8) is 0 Å². The molecular weight excluding hydrogens is 292 g/mol. The molecule has 0 aromatic heterocycles. The molecule has 0 heterocycles. The van der Waals surface area contributed by atoms with Crippen LogP contribution in [0, 0.1) is 0 Å². The van der Waals surface area contributed by atoms with Gasteiger partial charge in [-0.25, -0.2) is 4.79 Å². The first kappa shape index (κ1) is 22.5. The molecule has 0 rings (SSSR count). The summed E-state index contributed by atoms with van der Waals surface area (Å²) in [5.74, 6) is -1.35. The third kappa shape index (κ3) is 11.0. The van der Waals surface area contributed by atoms with Crippen molar-refractivity contribution in [3.05, 3.63) is 0 Å². The van der Waals surface area contributed by atoms with Crippen molar-refractivity contribution in [2.75, 3.05) is 20.3 Å². The molecule has 0 bridgehead atoms. The van der Waals surface area contributed by atoms with Crippen molar-refractivity contribution in [1.82, 2.24) is 0 Å². The summed E-state index contributed by atoms with van der Waals surface area (Å²) in [5, 5.41) is 0. The molecule has 128 valence electrons. The van der Waals surface area contributed by atoms with Crippen LogP contribution >= 0.6 is 0 Å². The zero-order chi connectivity index (χ0) is 17.5. The highest BCUT2D eigenvalue weighted by Gasteiger charge is 2.25. The van der Waals surface area contributed by atoms with Gasteiger partial charge in [0.15, 0.2) is 5.78 Å². The predicted octanol–water partition coefficient (Wildman–Crippen LogP) is 1.46. The summed E-state index contributed by atoms with van der Waals surface area (Å²) in [6.45, 7) is 7.40. The van der Waals surface area contributed by atoms with Crippen molar-refractivity contribution in [1.29, 1.82) is 0 Å². The largest absolute Gasteiger partial charge is 0.466 e. The number of carbonyl (C=O) groups is 4. The van der Waals surface area contributed by atoms with Gasteiger partial charge in [-0.2, -0.15) is 0 Å². The lowest BCUT2D eigenvalue weighted by Crippen LogP contribution is -2.33. The van der Waals surface area contributed by atoms with Crippen molar-refractivity contribution in [2.45, 2.75) is 53.1 Å². The number of carbonyl (C=O) groups excluding carboxylic acids is 4. The van der Waals surface area contributed by atoms with Gasteiger partial charge >= 0.3 is 11.9 Å². The van der Waals surface area contributed by atoms with Crippen LogP contribution in [0.2, 0.25) is 0 Å². The van der Waals surface area contributed by atoms with E-state index in [1.165, 1.54) is 7.11 Å². The van der Waals surface area contributed by atoms with E-state index in [0.717, 1.165) is 0 Å². The SMILES string of the molecule is CCOC(=O)C(OC)C(=O)CC.CCOC(=O)CC(=O)CC. The number of esters is 2. The van der Waals surface area contributed by atoms with Crippen LogP contribution in [0.1, 0.15) is 47.0 Å². The third-order valence-corrected chi connectivity index (χ3v) is 2.42. The summed E-state index contributed by atoms with van der Waals surface area (Å²) in [7, 11) is 1.31. The van der Waals surface area contributed by atoms with Crippen molar-refractivity contribution >= 4 is 23.5 Å². The summed E-state index contributed by atoms with van der Waals surface area (Å²) >= 11 is 0. The molecule has 0 saturated heterocycles. The average Bonchev–Trinajstić information content (AvgIpc) is 2.48.